The predicted molar refractivity (Wildman–Crippen MR) is 143 cm³/mol. The summed E-state index contributed by atoms with van der Waals surface area (Å²) in [5.41, 5.74) is 3.52. The molecule has 10 nitrogen and oxygen atoms in total. The van der Waals surface area contributed by atoms with E-state index < -0.39 is 65.6 Å². The zero-order valence-electron chi connectivity index (χ0n) is 21.2. The van der Waals surface area contributed by atoms with Crippen molar-refractivity contribution in [2.75, 3.05) is 6.54 Å². The molecule has 0 saturated carbocycles. The summed E-state index contributed by atoms with van der Waals surface area (Å²) in [5.74, 6) is -6.03. The molecule has 4 N–H and O–H groups in total. The third-order valence-electron chi connectivity index (χ3n) is 6.02. The first-order valence-corrected chi connectivity index (χ1v) is 12.5. The van der Waals surface area contributed by atoms with E-state index in [0.717, 1.165) is 39.0 Å². The molecule has 4 aromatic rings. The van der Waals surface area contributed by atoms with Crippen LogP contribution in [-0.2, 0) is 17.9 Å². The Morgan fingerprint density at radius 3 is 2.15 bits per heavy atom. The van der Waals surface area contributed by atoms with Crippen molar-refractivity contribution in [3.05, 3.63) is 112 Å². The van der Waals surface area contributed by atoms with Crippen molar-refractivity contribution < 1.29 is 38.5 Å². The lowest BCUT2D eigenvalue weighted by Gasteiger charge is -2.24. The summed E-state index contributed by atoms with van der Waals surface area (Å²) >= 11 is 5.64. The third kappa shape index (κ3) is 7.31. The minimum atomic E-state index is -1.86. The van der Waals surface area contributed by atoms with Gasteiger partial charge < -0.3 is 15.3 Å². The number of rotatable bonds is 11. The monoisotopic (exact) mass is 584 g/mol. The summed E-state index contributed by atoms with van der Waals surface area (Å²) in [4.78, 5) is 36.1. The van der Waals surface area contributed by atoms with Gasteiger partial charge in [-0.3, -0.25) is 14.9 Å². The summed E-state index contributed by atoms with van der Waals surface area (Å²) in [6.45, 7) is -1.20. The highest BCUT2D eigenvalue weighted by Gasteiger charge is 2.25. The molecule has 0 aliphatic carbocycles. The average molecular weight is 585 g/mol. The first-order valence-electron chi connectivity index (χ1n) is 12.1. The maximum atomic E-state index is 14.3. The lowest BCUT2D eigenvalue weighted by atomic mass is 10.0. The van der Waals surface area contributed by atoms with Gasteiger partial charge in [0.05, 0.1) is 13.1 Å². The first kappa shape index (κ1) is 29.3. The lowest BCUT2D eigenvalue weighted by molar-refractivity contribution is -0.148. The van der Waals surface area contributed by atoms with Gasteiger partial charge in [0.25, 0.3) is 5.91 Å². The fourth-order valence-electron chi connectivity index (χ4n) is 3.98. The topological polar surface area (TPSA) is 145 Å². The van der Waals surface area contributed by atoms with Crippen LogP contribution in [0, 0.1) is 11.6 Å². The molecule has 0 saturated heterocycles. The van der Waals surface area contributed by atoms with Gasteiger partial charge >= 0.3 is 11.9 Å². The summed E-state index contributed by atoms with van der Waals surface area (Å²) in [7, 11) is 0. The van der Waals surface area contributed by atoms with E-state index in [4.69, 9.17) is 11.6 Å². The van der Waals surface area contributed by atoms with Crippen molar-refractivity contribution in [2.24, 2.45) is 0 Å². The second-order valence-corrected chi connectivity index (χ2v) is 9.40. The largest absolute Gasteiger partial charge is 0.479 e. The van der Waals surface area contributed by atoms with Gasteiger partial charge in [-0.25, -0.2) is 23.4 Å². The zero-order chi connectivity index (χ0) is 29.7. The Balaban J connectivity index is 1.56. The summed E-state index contributed by atoms with van der Waals surface area (Å²) < 4.78 is 29.4. The minimum absolute atomic E-state index is 0.0289. The number of carbonyl (C=O) groups excluding carboxylic acids is 1. The van der Waals surface area contributed by atoms with E-state index in [1.54, 1.807) is 12.1 Å². The first-order chi connectivity index (χ1) is 19.5. The van der Waals surface area contributed by atoms with Crippen LogP contribution in [-0.4, -0.2) is 60.6 Å². The maximum absolute atomic E-state index is 14.3. The minimum Gasteiger partial charge on any atom is -0.479 e. The van der Waals surface area contributed by atoms with E-state index >= 15 is 0 Å². The smallest absolute Gasteiger partial charge is 0.354 e. The van der Waals surface area contributed by atoms with Crippen LogP contribution in [0.2, 0.25) is 5.02 Å². The number of hydrogen-bond donors (Lipinski definition) is 4. The lowest BCUT2D eigenvalue weighted by Crippen LogP contribution is -2.47. The normalized spacial score (nSPS) is 11.8. The Morgan fingerprint density at radius 1 is 0.951 bits per heavy atom. The van der Waals surface area contributed by atoms with Crippen molar-refractivity contribution in [3.63, 3.8) is 0 Å². The van der Waals surface area contributed by atoms with Crippen molar-refractivity contribution in [1.82, 2.24) is 20.2 Å². The van der Waals surface area contributed by atoms with E-state index in [0.29, 0.717) is 5.56 Å². The third-order valence-corrected chi connectivity index (χ3v) is 6.24. The summed E-state index contributed by atoms with van der Waals surface area (Å²) in [5, 5.41) is 33.5. The van der Waals surface area contributed by atoms with Crippen LogP contribution in [0.4, 0.5) is 8.78 Å². The number of nitrogens with one attached hydrogen (secondary N) is 1. The van der Waals surface area contributed by atoms with E-state index in [2.05, 4.69) is 10.5 Å². The standard InChI is InChI=1S/C28H23ClF2N4O6/c29-19-10-21(30)20(22(31)11-19)14-35-24(27(38)39)12-23(32-35)26(37)33-34(15-25(36)28(40)41)13-16-6-8-18(9-7-16)17-4-2-1-3-5-17/h1-12,25,36H,13-15H2,(H,33,37)(H,38,39)(H,40,41)/t25-/m1/s1. The number of benzene rings is 3. The highest BCUT2D eigenvalue weighted by atomic mass is 35.5. The molecule has 0 fully saturated rings. The number of carbonyl (C=O) groups is 3. The number of aliphatic hydroxyl groups is 1. The van der Waals surface area contributed by atoms with Crippen molar-refractivity contribution in [3.8, 4) is 11.1 Å². The van der Waals surface area contributed by atoms with E-state index in [9.17, 15) is 38.5 Å². The Kier molecular flexibility index (Phi) is 9.07. The van der Waals surface area contributed by atoms with Gasteiger partial charge in [0, 0.05) is 23.2 Å². The number of aromatic nitrogens is 2. The predicted octanol–water partition coefficient (Wildman–Crippen LogP) is 3.82. The number of aliphatic carboxylic acids is 1. The van der Waals surface area contributed by atoms with E-state index in [1.807, 2.05) is 42.5 Å². The van der Waals surface area contributed by atoms with E-state index in [1.165, 1.54) is 0 Å². The molecule has 1 heterocycles. The SMILES string of the molecule is O=C(NN(Cc1ccc(-c2ccccc2)cc1)C[C@@H](O)C(=O)O)c1cc(C(=O)O)n(Cc2c(F)cc(Cl)cc2F)n1. The quantitative estimate of drug-likeness (QED) is 0.195. The number of aliphatic hydroxyl groups excluding tert-OH is 1. The summed E-state index contributed by atoms with van der Waals surface area (Å²) in [6, 6.07) is 19.4. The van der Waals surface area contributed by atoms with Gasteiger partial charge in [0.15, 0.2) is 11.8 Å². The zero-order valence-corrected chi connectivity index (χ0v) is 21.9. The van der Waals surface area contributed by atoms with Gasteiger partial charge in [-0.15, -0.1) is 0 Å². The molecule has 1 amide bonds. The fourth-order valence-corrected chi connectivity index (χ4v) is 4.18. The second-order valence-electron chi connectivity index (χ2n) is 8.96. The number of amides is 1. The Labute approximate surface area is 237 Å². The summed E-state index contributed by atoms with van der Waals surface area (Å²) in [6.07, 6.45) is -1.86. The van der Waals surface area contributed by atoms with Gasteiger partial charge in [0.2, 0.25) is 0 Å². The molecule has 0 radical (unpaired) electrons. The molecule has 212 valence electrons. The molecule has 0 spiro atoms. The molecule has 0 bridgehead atoms. The number of aromatic carboxylic acids is 1. The van der Waals surface area contributed by atoms with Crippen LogP contribution < -0.4 is 5.43 Å². The Morgan fingerprint density at radius 2 is 1.56 bits per heavy atom. The Bertz CT molecular complexity index is 1560. The molecule has 0 aliphatic heterocycles. The van der Waals surface area contributed by atoms with E-state index in [-0.39, 0.29) is 11.6 Å². The average Bonchev–Trinajstić information content (AvgIpc) is 3.36. The molecule has 1 aromatic heterocycles. The maximum Gasteiger partial charge on any atom is 0.354 e. The molecule has 1 atom stereocenters. The number of nitrogens with zero attached hydrogens (tertiary/aromatic N) is 3. The molecule has 13 heteroatoms. The van der Waals surface area contributed by atoms with Crippen LogP contribution in [0.1, 0.15) is 32.1 Å². The molecule has 0 unspecified atom stereocenters. The van der Waals surface area contributed by atoms with Gasteiger partial charge in [-0.2, -0.15) is 5.10 Å². The van der Waals surface area contributed by atoms with Crippen LogP contribution in [0.25, 0.3) is 11.1 Å². The van der Waals surface area contributed by atoms with Crippen LogP contribution in [0.3, 0.4) is 0 Å². The Hall–Kier alpha value is -4.65. The number of carboxylic acids is 2. The van der Waals surface area contributed by atoms with Gasteiger partial charge in [-0.1, -0.05) is 66.2 Å². The highest BCUT2D eigenvalue weighted by Crippen LogP contribution is 2.22. The molecule has 3 aromatic carbocycles. The fraction of sp³-hybridized carbons (Fsp3) is 0.143. The van der Waals surface area contributed by atoms with Crippen molar-refractivity contribution in [2.45, 2.75) is 19.2 Å². The van der Waals surface area contributed by atoms with Crippen molar-refractivity contribution in [1.29, 1.82) is 0 Å². The molecule has 4 rings (SSSR count). The van der Waals surface area contributed by atoms with Crippen LogP contribution in [0.5, 0.6) is 0 Å². The number of halogens is 3. The number of hydrazine groups is 1. The molecule has 41 heavy (non-hydrogen) atoms. The van der Waals surface area contributed by atoms with Gasteiger partial charge in [0.1, 0.15) is 17.3 Å². The second kappa shape index (κ2) is 12.7. The van der Waals surface area contributed by atoms with Crippen molar-refractivity contribution >= 4 is 29.4 Å². The highest BCUT2D eigenvalue weighted by molar-refractivity contribution is 6.30. The molecule has 0 aliphatic rings. The molecular formula is C28H23ClF2N4O6. The molecular weight excluding hydrogens is 562 g/mol. The van der Waals surface area contributed by atoms with Crippen LogP contribution >= 0.6 is 11.6 Å². The number of hydrogen-bond acceptors (Lipinski definition) is 6. The van der Waals surface area contributed by atoms with Crippen LogP contribution in [0.15, 0.2) is 72.8 Å². The van der Waals surface area contributed by atoms with Gasteiger partial charge in [-0.05, 0) is 28.8 Å². The number of carboxylic acid groups (broad SMARTS) is 2.